The number of likely N-dealkylation sites (N-methyl/N-ethyl adjacent to an activating group) is 1. The summed E-state index contributed by atoms with van der Waals surface area (Å²) in [7, 11) is 1.61. The van der Waals surface area contributed by atoms with E-state index in [4.69, 9.17) is 10.5 Å². The quantitative estimate of drug-likeness (QED) is 0.818. The van der Waals surface area contributed by atoms with Gasteiger partial charge in [0.15, 0.2) is 11.5 Å². The number of Topliss-reactive ketones (excluding diaryl/α,β-unsaturated/α-hetero) is 1. The molecule has 0 aliphatic carbocycles. The van der Waals surface area contributed by atoms with Crippen LogP contribution in [-0.2, 0) is 0 Å². The Hall–Kier alpha value is -1.27. The molecule has 1 aliphatic rings. The first-order chi connectivity index (χ1) is 10.0. The molecule has 21 heavy (non-hydrogen) atoms. The fourth-order valence-corrected chi connectivity index (χ4v) is 4.17. The van der Waals surface area contributed by atoms with Crippen molar-refractivity contribution in [2.45, 2.75) is 33.2 Å². The molecule has 2 N–H and O–H groups in total. The summed E-state index contributed by atoms with van der Waals surface area (Å²) < 4.78 is 5.45. The van der Waals surface area contributed by atoms with Crippen molar-refractivity contribution in [3.05, 3.63) is 4.88 Å². The van der Waals surface area contributed by atoms with E-state index in [0.717, 1.165) is 37.6 Å². The summed E-state index contributed by atoms with van der Waals surface area (Å²) in [6.07, 6.45) is 1.14. The number of ketones is 1. The Kier molecular flexibility index (Phi) is 5.11. The van der Waals surface area contributed by atoms with E-state index in [1.165, 1.54) is 11.3 Å². The van der Waals surface area contributed by atoms with Gasteiger partial charge >= 0.3 is 0 Å². The van der Waals surface area contributed by atoms with E-state index < -0.39 is 0 Å². The van der Waals surface area contributed by atoms with Crippen molar-refractivity contribution in [3.63, 3.8) is 0 Å². The van der Waals surface area contributed by atoms with Gasteiger partial charge in [-0.3, -0.25) is 9.69 Å². The zero-order chi connectivity index (χ0) is 15.6. The smallest absolute Gasteiger partial charge is 0.177 e. The molecule has 2 rings (SSSR count). The lowest BCUT2D eigenvalue weighted by atomic mass is 10.2. The zero-order valence-electron chi connectivity index (χ0n) is 13.3. The number of methoxy groups -OCH3 is 1. The predicted molar refractivity (Wildman–Crippen MR) is 88.8 cm³/mol. The molecule has 1 atom stereocenters. The molecular weight excluding hydrogens is 286 g/mol. The van der Waals surface area contributed by atoms with E-state index in [1.54, 1.807) is 14.0 Å². The van der Waals surface area contributed by atoms with E-state index in [0.29, 0.717) is 22.4 Å². The van der Waals surface area contributed by atoms with E-state index in [1.807, 2.05) is 0 Å². The van der Waals surface area contributed by atoms with Crippen molar-refractivity contribution >= 4 is 27.8 Å². The lowest BCUT2D eigenvalue weighted by Crippen LogP contribution is -2.37. The van der Waals surface area contributed by atoms with Crippen LogP contribution in [0.25, 0.3) is 0 Å². The number of thiophene rings is 1. The number of hydrogen-bond acceptors (Lipinski definition) is 6. The van der Waals surface area contributed by atoms with E-state index >= 15 is 0 Å². The SMILES string of the molecule is CCN(CC)C1CCN(c2sc(C(C)=O)c(N)c2OC)C1. The molecule has 0 amide bonds. The maximum absolute atomic E-state index is 11.7. The van der Waals surface area contributed by atoms with Crippen molar-refractivity contribution in [1.82, 2.24) is 4.90 Å². The monoisotopic (exact) mass is 311 g/mol. The fourth-order valence-electron chi connectivity index (χ4n) is 3.05. The number of carbonyl (C=O) groups is 1. The molecule has 0 aromatic carbocycles. The van der Waals surface area contributed by atoms with Gasteiger partial charge in [-0.05, 0) is 19.5 Å². The van der Waals surface area contributed by atoms with Gasteiger partial charge in [-0.1, -0.05) is 13.8 Å². The van der Waals surface area contributed by atoms with Crippen molar-refractivity contribution in [1.29, 1.82) is 0 Å². The highest BCUT2D eigenvalue weighted by atomic mass is 32.1. The Balaban J connectivity index is 2.23. The van der Waals surface area contributed by atoms with Crippen molar-refractivity contribution < 1.29 is 9.53 Å². The van der Waals surface area contributed by atoms with Crippen LogP contribution in [0.1, 0.15) is 36.9 Å². The molecule has 5 nitrogen and oxygen atoms in total. The summed E-state index contributed by atoms with van der Waals surface area (Å²) in [6.45, 7) is 10.0. The third kappa shape index (κ3) is 3.01. The van der Waals surface area contributed by atoms with E-state index in [-0.39, 0.29) is 5.78 Å². The van der Waals surface area contributed by atoms with Crippen LogP contribution < -0.4 is 15.4 Å². The summed E-state index contributed by atoms with van der Waals surface area (Å²) in [5.41, 5.74) is 6.54. The second-order valence-corrected chi connectivity index (χ2v) is 6.35. The molecule has 6 heteroatoms. The molecule has 0 spiro atoms. The Morgan fingerprint density at radius 3 is 2.67 bits per heavy atom. The normalized spacial score (nSPS) is 18.5. The van der Waals surface area contributed by atoms with Crippen LogP contribution in [0.2, 0.25) is 0 Å². The van der Waals surface area contributed by atoms with Gasteiger partial charge in [-0.15, -0.1) is 11.3 Å². The molecule has 118 valence electrons. The third-order valence-electron chi connectivity index (χ3n) is 4.19. The lowest BCUT2D eigenvalue weighted by Gasteiger charge is -2.26. The van der Waals surface area contributed by atoms with Gasteiger partial charge in [0.1, 0.15) is 5.00 Å². The van der Waals surface area contributed by atoms with Gasteiger partial charge in [0.25, 0.3) is 0 Å². The first kappa shape index (κ1) is 16.1. The minimum absolute atomic E-state index is 0.00143. The van der Waals surface area contributed by atoms with Crippen LogP contribution in [0.3, 0.4) is 0 Å². The number of nitrogens with zero attached hydrogens (tertiary/aromatic N) is 2. The molecule has 1 saturated heterocycles. The van der Waals surface area contributed by atoms with E-state index in [9.17, 15) is 4.79 Å². The number of ether oxygens (including phenoxy) is 1. The molecule has 1 unspecified atom stereocenters. The minimum atomic E-state index is 0.00143. The largest absolute Gasteiger partial charge is 0.492 e. The number of rotatable bonds is 6. The highest BCUT2D eigenvalue weighted by Gasteiger charge is 2.31. The molecular formula is C15H25N3O2S. The van der Waals surface area contributed by atoms with Gasteiger partial charge in [0.2, 0.25) is 0 Å². The Labute approximate surface area is 130 Å². The molecule has 1 aromatic heterocycles. The summed E-state index contributed by atoms with van der Waals surface area (Å²) in [6, 6.07) is 0.564. The lowest BCUT2D eigenvalue weighted by molar-refractivity contribution is 0.102. The number of hydrogen-bond donors (Lipinski definition) is 1. The van der Waals surface area contributed by atoms with Gasteiger partial charge in [0.05, 0.1) is 17.7 Å². The summed E-state index contributed by atoms with van der Waals surface area (Å²) in [5.74, 6) is 0.659. The molecule has 0 bridgehead atoms. The second-order valence-electron chi connectivity index (χ2n) is 5.35. The topological polar surface area (TPSA) is 58.8 Å². The van der Waals surface area contributed by atoms with Crippen molar-refractivity contribution in [2.75, 3.05) is 43.9 Å². The maximum atomic E-state index is 11.7. The van der Waals surface area contributed by atoms with Crippen LogP contribution in [-0.4, -0.2) is 50.0 Å². The number of nitrogen functional groups attached to an aromatic ring is 1. The average molecular weight is 311 g/mol. The van der Waals surface area contributed by atoms with Gasteiger partial charge in [0, 0.05) is 26.1 Å². The fraction of sp³-hybridized carbons (Fsp3) is 0.667. The number of anilines is 2. The van der Waals surface area contributed by atoms with Crippen LogP contribution in [0, 0.1) is 0 Å². The molecule has 2 heterocycles. The van der Waals surface area contributed by atoms with Crippen LogP contribution in [0.15, 0.2) is 0 Å². The summed E-state index contributed by atoms with van der Waals surface area (Å²) in [5, 5.41) is 0.995. The van der Waals surface area contributed by atoms with E-state index in [2.05, 4.69) is 23.6 Å². The molecule has 1 fully saturated rings. The third-order valence-corrected chi connectivity index (χ3v) is 5.53. The highest BCUT2D eigenvalue weighted by Crippen LogP contribution is 2.46. The van der Waals surface area contributed by atoms with Crippen molar-refractivity contribution in [2.24, 2.45) is 0 Å². The summed E-state index contributed by atoms with van der Waals surface area (Å²) in [4.78, 5) is 17.1. The molecule has 0 radical (unpaired) electrons. The standard InChI is InChI=1S/C15H25N3O2S/c1-5-17(6-2)11-7-8-18(9-11)15-13(20-4)12(16)14(21-15)10(3)19/h11H,5-9,16H2,1-4H3. The maximum Gasteiger partial charge on any atom is 0.177 e. The van der Waals surface area contributed by atoms with Gasteiger partial charge < -0.3 is 15.4 Å². The molecule has 1 aliphatic heterocycles. The number of nitrogens with two attached hydrogens (primary N) is 1. The first-order valence-electron chi connectivity index (χ1n) is 7.49. The van der Waals surface area contributed by atoms with Gasteiger partial charge in [-0.25, -0.2) is 0 Å². The van der Waals surface area contributed by atoms with Crippen molar-refractivity contribution in [3.8, 4) is 5.75 Å². The Morgan fingerprint density at radius 1 is 1.48 bits per heavy atom. The van der Waals surface area contributed by atoms with Crippen LogP contribution >= 0.6 is 11.3 Å². The Bertz CT molecular complexity index is 511. The first-order valence-corrected chi connectivity index (χ1v) is 8.31. The van der Waals surface area contributed by atoms with Gasteiger partial charge in [-0.2, -0.15) is 0 Å². The number of carbonyl (C=O) groups excluding carboxylic acids is 1. The van der Waals surface area contributed by atoms with Crippen LogP contribution in [0.4, 0.5) is 10.7 Å². The zero-order valence-corrected chi connectivity index (χ0v) is 14.1. The molecule has 1 aromatic rings. The Morgan fingerprint density at radius 2 is 2.14 bits per heavy atom. The van der Waals surface area contributed by atoms with Crippen LogP contribution in [0.5, 0.6) is 5.75 Å². The highest BCUT2D eigenvalue weighted by molar-refractivity contribution is 7.19. The summed E-state index contributed by atoms with van der Waals surface area (Å²) >= 11 is 1.45. The average Bonchev–Trinajstić information content (AvgIpc) is 3.04. The second kappa shape index (κ2) is 6.66. The predicted octanol–water partition coefficient (Wildman–Crippen LogP) is 2.46. The minimum Gasteiger partial charge on any atom is -0.492 e. The molecule has 0 saturated carbocycles.